The van der Waals surface area contributed by atoms with Crippen molar-refractivity contribution in [3.8, 4) is 5.75 Å². The van der Waals surface area contributed by atoms with Gasteiger partial charge >= 0.3 is 11.6 Å². The van der Waals surface area contributed by atoms with Gasteiger partial charge < -0.3 is 19.6 Å². The van der Waals surface area contributed by atoms with E-state index >= 15 is 0 Å². The second kappa shape index (κ2) is 9.39. The lowest BCUT2D eigenvalue weighted by molar-refractivity contribution is -0.137. The van der Waals surface area contributed by atoms with Crippen molar-refractivity contribution in [1.82, 2.24) is 5.32 Å². The van der Waals surface area contributed by atoms with Crippen molar-refractivity contribution in [2.45, 2.75) is 59.5 Å². The number of carboxylic acids is 1. The average molecular weight is 389 g/mol. The van der Waals surface area contributed by atoms with E-state index in [4.69, 9.17) is 14.3 Å². The number of rotatable bonds is 9. The van der Waals surface area contributed by atoms with E-state index in [1.54, 1.807) is 26.8 Å². The van der Waals surface area contributed by atoms with Crippen molar-refractivity contribution >= 4 is 22.8 Å². The van der Waals surface area contributed by atoms with Crippen molar-refractivity contribution < 1.29 is 23.8 Å². The summed E-state index contributed by atoms with van der Waals surface area (Å²) in [5.41, 5.74) is 2.22. The number of fused-ring (bicyclic) bond motifs is 1. The first-order valence-corrected chi connectivity index (χ1v) is 9.42. The minimum absolute atomic E-state index is 0.143. The van der Waals surface area contributed by atoms with Crippen LogP contribution in [0.15, 0.2) is 21.3 Å². The number of hydrogen-bond acceptors (Lipinski definition) is 5. The molecule has 0 unspecified atom stereocenters. The SMILES string of the molecule is Cc1c(C)c2ccc(O[C@H](C)C(=O)NCCCCCC(=O)O)c(C)c2oc1=O. The van der Waals surface area contributed by atoms with Gasteiger partial charge in [-0.15, -0.1) is 0 Å². The van der Waals surface area contributed by atoms with Gasteiger partial charge in [0.2, 0.25) is 0 Å². The molecule has 0 radical (unpaired) electrons. The molecule has 2 rings (SSSR count). The molecule has 28 heavy (non-hydrogen) atoms. The highest BCUT2D eigenvalue weighted by Gasteiger charge is 2.18. The molecule has 0 aliphatic rings. The standard InChI is InChI=1S/C21H27NO6/c1-12-13(2)21(26)28-19-14(3)17(10-9-16(12)19)27-15(4)20(25)22-11-7-5-6-8-18(23)24/h9-10,15H,5-8,11H2,1-4H3,(H,22,25)(H,23,24)/t15-/m1/s1. The first-order valence-electron chi connectivity index (χ1n) is 9.42. The van der Waals surface area contributed by atoms with E-state index in [1.807, 2.05) is 13.0 Å². The number of benzene rings is 1. The zero-order chi connectivity index (χ0) is 20.8. The topological polar surface area (TPSA) is 106 Å². The van der Waals surface area contributed by atoms with E-state index in [0.29, 0.717) is 41.8 Å². The zero-order valence-electron chi connectivity index (χ0n) is 16.8. The van der Waals surface area contributed by atoms with Crippen LogP contribution in [-0.2, 0) is 9.59 Å². The van der Waals surface area contributed by atoms with Crippen molar-refractivity contribution in [3.05, 3.63) is 39.2 Å². The van der Waals surface area contributed by atoms with Gasteiger partial charge in [0.05, 0.1) is 0 Å². The number of carbonyl (C=O) groups excluding carboxylic acids is 1. The molecule has 0 fully saturated rings. The van der Waals surface area contributed by atoms with E-state index in [2.05, 4.69) is 5.32 Å². The van der Waals surface area contributed by atoms with E-state index in [-0.39, 0.29) is 18.0 Å². The second-order valence-corrected chi connectivity index (χ2v) is 6.96. The van der Waals surface area contributed by atoms with E-state index in [0.717, 1.165) is 17.4 Å². The van der Waals surface area contributed by atoms with E-state index < -0.39 is 12.1 Å². The second-order valence-electron chi connectivity index (χ2n) is 6.96. The number of nitrogens with one attached hydrogen (secondary N) is 1. The summed E-state index contributed by atoms with van der Waals surface area (Å²) in [6, 6.07) is 3.61. The lowest BCUT2D eigenvalue weighted by Gasteiger charge is -2.17. The number of ether oxygens (including phenoxy) is 1. The minimum atomic E-state index is -0.807. The van der Waals surface area contributed by atoms with E-state index in [9.17, 15) is 14.4 Å². The highest BCUT2D eigenvalue weighted by molar-refractivity contribution is 5.86. The number of hydrogen-bond donors (Lipinski definition) is 2. The van der Waals surface area contributed by atoms with Gasteiger partial charge in [0.25, 0.3) is 5.91 Å². The normalized spacial score (nSPS) is 12.0. The Morgan fingerprint density at radius 3 is 2.50 bits per heavy atom. The molecule has 152 valence electrons. The molecule has 1 aromatic carbocycles. The molecule has 7 heteroatoms. The lowest BCUT2D eigenvalue weighted by atomic mass is 10.0. The summed E-state index contributed by atoms with van der Waals surface area (Å²) in [4.78, 5) is 34.6. The van der Waals surface area contributed by atoms with Gasteiger partial charge in [-0.25, -0.2) is 4.79 Å². The summed E-state index contributed by atoms with van der Waals surface area (Å²) in [5, 5.41) is 12.2. The smallest absolute Gasteiger partial charge is 0.339 e. The third kappa shape index (κ3) is 5.12. The zero-order valence-corrected chi connectivity index (χ0v) is 16.8. The molecule has 0 bridgehead atoms. The molecule has 7 nitrogen and oxygen atoms in total. The van der Waals surface area contributed by atoms with Crippen LogP contribution in [0.4, 0.5) is 0 Å². The molecule has 1 amide bonds. The number of carboxylic acid groups (broad SMARTS) is 1. The fourth-order valence-corrected chi connectivity index (χ4v) is 2.93. The molecule has 0 saturated heterocycles. The highest BCUT2D eigenvalue weighted by atomic mass is 16.5. The fourth-order valence-electron chi connectivity index (χ4n) is 2.93. The lowest BCUT2D eigenvalue weighted by Crippen LogP contribution is -2.36. The van der Waals surface area contributed by atoms with Crippen molar-refractivity contribution in [2.24, 2.45) is 0 Å². The Morgan fingerprint density at radius 1 is 1.11 bits per heavy atom. The monoisotopic (exact) mass is 389 g/mol. The van der Waals surface area contributed by atoms with Crippen LogP contribution in [0, 0.1) is 20.8 Å². The predicted octanol–water partition coefficient (Wildman–Crippen LogP) is 3.25. The Morgan fingerprint density at radius 2 is 1.82 bits per heavy atom. The summed E-state index contributed by atoms with van der Waals surface area (Å²) in [5.74, 6) is -0.569. The Bertz CT molecular complexity index is 931. The predicted molar refractivity (Wildman–Crippen MR) is 106 cm³/mol. The van der Waals surface area contributed by atoms with Crippen LogP contribution < -0.4 is 15.7 Å². The Hall–Kier alpha value is -2.83. The first kappa shape index (κ1) is 21.5. The summed E-state index contributed by atoms with van der Waals surface area (Å²) < 4.78 is 11.2. The molecule has 1 heterocycles. The van der Waals surface area contributed by atoms with Crippen LogP contribution in [0.3, 0.4) is 0 Å². The summed E-state index contributed by atoms with van der Waals surface area (Å²) >= 11 is 0. The quantitative estimate of drug-likeness (QED) is 0.504. The van der Waals surface area contributed by atoms with Gasteiger partial charge in [0.1, 0.15) is 11.3 Å². The molecule has 0 spiro atoms. The molecule has 0 aliphatic heterocycles. The maximum Gasteiger partial charge on any atom is 0.339 e. The molecule has 0 aliphatic carbocycles. The number of amides is 1. The van der Waals surface area contributed by atoms with Crippen LogP contribution in [0.5, 0.6) is 5.75 Å². The van der Waals surface area contributed by atoms with Crippen molar-refractivity contribution in [3.63, 3.8) is 0 Å². The minimum Gasteiger partial charge on any atom is -0.481 e. The van der Waals surface area contributed by atoms with Crippen LogP contribution in [0.1, 0.15) is 49.3 Å². The van der Waals surface area contributed by atoms with Crippen LogP contribution in [-0.4, -0.2) is 29.6 Å². The van der Waals surface area contributed by atoms with Crippen molar-refractivity contribution in [2.75, 3.05) is 6.54 Å². The summed E-state index contributed by atoms with van der Waals surface area (Å²) in [6.07, 6.45) is 1.48. The van der Waals surface area contributed by atoms with E-state index in [1.165, 1.54) is 0 Å². The maximum absolute atomic E-state index is 12.2. The average Bonchev–Trinajstić information content (AvgIpc) is 2.65. The van der Waals surface area contributed by atoms with Gasteiger partial charge in [-0.1, -0.05) is 6.42 Å². The Labute approximate surface area is 163 Å². The molecular formula is C21H27NO6. The number of unbranched alkanes of at least 4 members (excludes halogenated alkanes) is 2. The van der Waals surface area contributed by atoms with Crippen LogP contribution >= 0.6 is 0 Å². The summed E-state index contributed by atoms with van der Waals surface area (Å²) in [7, 11) is 0. The molecule has 2 N–H and O–H groups in total. The van der Waals surface area contributed by atoms with Crippen LogP contribution in [0.2, 0.25) is 0 Å². The summed E-state index contributed by atoms with van der Waals surface area (Å²) in [6.45, 7) is 7.52. The fraction of sp³-hybridized carbons (Fsp3) is 0.476. The largest absolute Gasteiger partial charge is 0.481 e. The van der Waals surface area contributed by atoms with Gasteiger partial charge in [-0.05, 0) is 58.2 Å². The molecule has 1 aromatic heterocycles. The van der Waals surface area contributed by atoms with Gasteiger partial charge in [0.15, 0.2) is 6.10 Å². The number of aryl methyl sites for hydroxylation is 2. The Balaban J connectivity index is 1.99. The third-order valence-electron chi connectivity index (χ3n) is 4.86. The third-order valence-corrected chi connectivity index (χ3v) is 4.86. The molecule has 1 atom stereocenters. The Kier molecular flexibility index (Phi) is 7.20. The molecule has 2 aromatic rings. The first-order chi connectivity index (χ1) is 13.2. The molecule has 0 saturated carbocycles. The number of carbonyl (C=O) groups is 2. The number of aliphatic carboxylic acids is 1. The molecular weight excluding hydrogens is 362 g/mol. The van der Waals surface area contributed by atoms with Gasteiger partial charge in [-0.3, -0.25) is 9.59 Å². The highest BCUT2D eigenvalue weighted by Crippen LogP contribution is 2.29. The maximum atomic E-state index is 12.2. The van der Waals surface area contributed by atoms with Gasteiger partial charge in [0, 0.05) is 29.5 Å². The van der Waals surface area contributed by atoms with Crippen molar-refractivity contribution in [1.29, 1.82) is 0 Å². The van der Waals surface area contributed by atoms with Crippen LogP contribution in [0.25, 0.3) is 11.0 Å². The van der Waals surface area contributed by atoms with Gasteiger partial charge in [-0.2, -0.15) is 0 Å².